The van der Waals surface area contributed by atoms with E-state index in [9.17, 15) is 14.4 Å². The smallest absolute Gasteiger partial charge is 0.307 e. The van der Waals surface area contributed by atoms with Crippen LogP contribution in [-0.4, -0.2) is 66.5 Å². The summed E-state index contributed by atoms with van der Waals surface area (Å²) in [6.45, 7) is 3.14. The molecular formula is C19H31N2O4+. The summed E-state index contributed by atoms with van der Waals surface area (Å²) in [6, 6.07) is 0.612. The fourth-order valence-electron chi connectivity index (χ4n) is 4.95. The molecule has 6 nitrogen and oxygen atoms in total. The number of imide groups is 1. The van der Waals surface area contributed by atoms with Crippen molar-refractivity contribution in [3.05, 3.63) is 0 Å². The highest BCUT2D eigenvalue weighted by Crippen LogP contribution is 2.36. The van der Waals surface area contributed by atoms with E-state index in [1.807, 2.05) is 0 Å². The summed E-state index contributed by atoms with van der Waals surface area (Å²) in [4.78, 5) is 36.9. The Morgan fingerprint density at radius 3 is 2.56 bits per heavy atom. The number of nitrogens with zero attached hydrogens (tertiary/aromatic N) is 2. The van der Waals surface area contributed by atoms with E-state index in [4.69, 9.17) is 4.74 Å². The molecule has 3 heterocycles. The summed E-state index contributed by atoms with van der Waals surface area (Å²) in [7, 11) is 2.35. The Kier molecular flexibility index (Phi) is 5.77. The summed E-state index contributed by atoms with van der Waals surface area (Å²) >= 11 is 0. The van der Waals surface area contributed by atoms with Gasteiger partial charge in [-0.05, 0) is 32.1 Å². The second-order valence-corrected chi connectivity index (χ2v) is 8.12. The van der Waals surface area contributed by atoms with Crippen molar-refractivity contribution < 1.29 is 23.6 Å². The van der Waals surface area contributed by atoms with Crippen LogP contribution in [0.1, 0.15) is 57.8 Å². The van der Waals surface area contributed by atoms with Crippen molar-refractivity contribution in [3.8, 4) is 0 Å². The molecule has 0 aromatic carbocycles. The Morgan fingerprint density at radius 2 is 1.80 bits per heavy atom. The van der Waals surface area contributed by atoms with Gasteiger partial charge in [0.1, 0.15) is 0 Å². The molecule has 140 valence electrons. The minimum absolute atomic E-state index is 0.112. The summed E-state index contributed by atoms with van der Waals surface area (Å²) < 4.78 is 6.68. The van der Waals surface area contributed by atoms with Gasteiger partial charge >= 0.3 is 5.97 Å². The first kappa shape index (κ1) is 18.4. The van der Waals surface area contributed by atoms with Crippen molar-refractivity contribution in [3.63, 3.8) is 0 Å². The van der Waals surface area contributed by atoms with Gasteiger partial charge in [0.15, 0.2) is 0 Å². The normalized spacial score (nSPS) is 33.1. The molecule has 0 aromatic heterocycles. The summed E-state index contributed by atoms with van der Waals surface area (Å²) in [6.07, 6.45) is 7.69. The molecule has 0 radical (unpaired) electrons. The molecule has 3 saturated heterocycles. The minimum atomic E-state index is -0.290. The molecule has 0 bridgehead atoms. The molecule has 0 aliphatic carbocycles. The molecule has 3 aliphatic heterocycles. The number of quaternary nitrogens is 1. The SMILES string of the molecule is C[N+]12CCCCC1C(COC(=O)CCN1C(=O)CCCC1=O)CCC2. The Morgan fingerprint density at radius 1 is 1.08 bits per heavy atom. The highest BCUT2D eigenvalue weighted by molar-refractivity contribution is 5.97. The molecule has 0 aromatic rings. The van der Waals surface area contributed by atoms with Gasteiger partial charge in [-0.3, -0.25) is 19.3 Å². The summed E-state index contributed by atoms with van der Waals surface area (Å²) in [5.41, 5.74) is 0. The summed E-state index contributed by atoms with van der Waals surface area (Å²) in [5, 5.41) is 0. The number of ether oxygens (including phenoxy) is 1. The van der Waals surface area contributed by atoms with E-state index in [-0.39, 0.29) is 30.7 Å². The van der Waals surface area contributed by atoms with Gasteiger partial charge in [-0.15, -0.1) is 0 Å². The average molecular weight is 351 g/mol. The number of rotatable bonds is 5. The lowest BCUT2D eigenvalue weighted by Gasteiger charge is -2.51. The van der Waals surface area contributed by atoms with Crippen LogP contribution in [0.2, 0.25) is 0 Å². The van der Waals surface area contributed by atoms with Crippen molar-refractivity contribution in [2.24, 2.45) is 5.92 Å². The van der Waals surface area contributed by atoms with Crippen LogP contribution < -0.4 is 0 Å². The van der Waals surface area contributed by atoms with Crippen molar-refractivity contribution in [2.75, 3.05) is 33.3 Å². The molecule has 25 heavy (non-hydrogen) atoms. The lowest BCUT2D eigenvalue weighted by atomic mass is 9.82. The number of esters is 1. The third-order valence-corrected chi connectivity index (χ3v) is 6.39. The van der Waals surface area contributed by atoms with Crippen molar-refractivity contribution in [2.45, 2.75) is 63.8 Å². The Bertz CT molecular complexity index is 516. The van der Waals surface area contributed by atoms with Gasteiger partial charge in [-0.1, -0.05) is 0 Å². The van der Waals surface area contributed by atoms with Gasteiger partial charge in [0.05, 0.1) is 39.2 Å². The van der Waals surface area contributed by atoms with Gasteiger partial charge in [0.2, 0.25) is 11.8 Å². The first-order valence-electron chi connectivity index (χ1n) is 9.83. The van der Waals surface area contributed by atoms with Crippen molar-refractivity contribution in [1.82, 2.24) is 4.90 Å². The van der Waals surface area contributed by atoms with Gasteiger partial charge < -0.3 is 9.22 Å². The molecule has 6 heteroatoms. The van der Waals surface area contributed by atoms with Crippen LogP contribution in [0, 0.1) is 5.92 Å². The second kappa shape index (κ2) is 7.85. The quantitative estimate of drug-likeness (QED) is 0.431. The third-order valence-electron chi connectivity index (χ3n) is 6.39. The number of piperidine rings is 3. The third kappa shape index (κ3) is 4.22. The zero-order valence-electron chi connectivity index (χ0n) is 15.4. The number of hydrogen-bond acceptors (Lipinski definition) is 4. The molecule has 3 atom stereocenters. The monoisotopic (exact) mass is 351 g/mol. The highest BCUT2D eigenvalue weighted by Gasteiger charge is 2.43. The molecule has 0 N–H and O–H groups in total. The topological polar surface area (TPSA) is 63.7 Å². The van der Waals surface area contributed by atoms with Crippen LogP contribution in [-0.2, 0) is 19.1 Å². The molecular weight excluding hydrogens is 320 g/mol. The number of carbonyl (C=O) groups is 3. The summed E-state index contributed by atoms with van der Waals surface area (Å²) in [5.74, 6) is -0.166. The molecule has 3 unspecified atom stereocenters. The molecule has 3 aliphatic rings. The van der Waals surface area contributed by atoms with Crippen LogP contribution in [0.25, 0.3) is 0 Å². The maximum Gasteiger partial charge on any atom is 0.307 e. The van der Waals surface area contributed by atoms with E-state index < -0.39 is 0 Å². The van der Waals surface area contributed by atoms with Crippen LogP contribution in [0.3, 0.4) is 0 Å². The molecule has 0 saturated carbocycles. The number of likely N-dealkylation sites (tertiary alicyclic amines) is 1. The molecule has 2 amide bonds. The molecule has 0 spiro atoms. The predicted octanol–water partition coefficient (Wildman–Crippen LogP) is 1.87. The van der Waals surface area contributed by atoms with Crippen molar-refractivity contribution in [1.29, 1.82) is 0 Å². The molecule has 3 rings (SSSR count). The van der Waals surface area contributed by atoms with Crippen molar-refractivity contribution >= 4 is 17.8 Å². The highest BCUT2D eigenvalue weighted by atomic mass is 16.5. The van der Waals surface area contributed by atoms with E-state index in [0.717, 1.165) is 10.9 Å². The standard InChI is InChI=1S/C19H31N2O4/c1-21-12-3-2-7-16(21)15(6-5-13-21)14-25-19(24)10-11-20-17(22)8-4-9-18(20)23/h15-16H,2-14H2,1H3/q+1. The van der Waals surface area contributed by atoms with Crippen LogP contribution in [0.4, 0.5) is 0 Å². The van der Waals surface area contributed by atoms with Crippen LogP contribution >= 0.6 is 0 Å². The van der Waals surface area contributed by atoms with Crippen LogP contribution in [0.15, 0.2) is 0 Å². The Hall–Kier alpha value is -1.43. The zero-order valence-corrected chi connectivity index (χ0v) is 15.4. The largest absolute Gasteiger partial charge is 0.465 e. The number of carbonyl (C=O) groups excluding carboxylic acids is 3. The number of hydrogen-bond donors (Lipinski definition) is 0. The zero-order chi connectivity index (χ0) is 17.9. The van der Waals surface area contributed by atoms with Gasteiger partial charge in [-0.25, -0.2) is 0 Å². The fourth-order valence-corrected chi connectivity index (χ4v) is 4.95. The first-order valence-corrected chi connectivity index (χ1v) is 9.83. The fraction of sp³-hybridized carbons (Fsp3) is 0.842. The maximum atomic E-state index is 12.1. The Balaban J connectivity index is 1.45. The van der Waals surface area contributed by atoms with Gasteiger partial charge in [0.25, 0.3) is 0 Å². The van der Waals surface area contributed by atoms with E-state index in [1.165, 1.54) is 43.7 Å². The van der Waals surface area contributed by atoms with E-state index in [2.05, 4.69) is 7.05 Å². The van der Waals surface area contributed by atoms with Gasteiger partial charge in [0, 0.05) is 31.7 Å². The second-order valence-electron chi connectivity index (χ2n) is 8.12. The molecule has 3 fully saturated rings. The average Bonchev–Trinajstić information content (AvgIpc) is 2.58. The van der Waals surface area contributed by atoms with Gasteiger partial charge in [-0.2, -0.15) is 0 Å². The maximum absolute atomic E-state index is 12.1. The van der Waals surface area contributed by atoms with Crippen LogP contribution in [0.5, 0.6) is 0 Å². The minimum Gasteiger partial charge on any atom is -0.465 e. The van der Waals surface area contributed by atoms with E-state index in [0.29, 0.717) is 37.8 Å². The lowest BCUT2D eigenvalue weighted by molar-refractivity contribution is -0.947. The van der Waals surface area contributed by atoms with E-state index in [1.54, 1.807) is 0 Å². The number of amides is 2. The predicted molar refractivity (Wildman–Crippen MR) is 92.4 cm³/mol. The Labute approximate surface area is 150 Å². The first-order chi connectivity index (χ1) is 12.0. The lowest BCUT2D eigenvalue weighted by Crippen LogP contribution is -2.61. The number of fused-ring (bicyclic) bond motifs is 1. The van der Waals surface area contributed by atoms with E-state index >= 15 is 0 Å².